The lowest BCUT2D eigenvalue weighted by molar-refractivity contribution is -0.000509. The fourth-order valence-electron chi connectivity index (χ4n) is 1.69. The Kier molecular flexibility index (Phi) is 3.94. The number of rotatable bonds is 3. The molecule has 0 bridgehead atoms. The SMILES string of the molecule is O=S(c1ccc(Br)cn1)N1CCC(O)(CO)C1. The topological polar surface area (TPSA) is 73.7 Å². The molecule has 0 amide bonds. The standard InChI is InChI=1S/C10H13BrN2O3S/c11-8-1-2-9(12-5-8)17(16)13-4-3-10(15,6-13)7-14/h1-2,5,14-15H,3-4,6-7H2. The van der Waals surface area contributed by atoms with Crippen molar-refractivity contribution in [3.63, 3.8) is 0 Å². The van der Waals surface area contributed by atoms with E-state index in [2.05, 4.69) is 20.9 Å². The Morgan fingerprint density at radius 1 is 1.59 bits per heavy atom. The number of aliphatic hydroxyl groups is 2. The van der Waals surface area contributed by atoms with E-state index in [1.54, 1.807) is 22.6 Å². The highest BCUT2D eigenvalue weighted by Crippen LogP contribution is 2.24. The molecular weight excluding hydrogens is 308 g/mol. The molecule has 7 heteroatoms. The van der Waals surface area contributed by atoms with E-state index in [4.69, 9.17) is 5.11 Å². The summed E-state index contributed by atoms with van der Waals surface area (Å²) in [5.74, 6) is 0. The van der Waals surface area contributed by atoms with E-state index >= 15 is 0 Å². The van der Waals surface area contributed by atoms with Gasteiger partial charge in [-0.3, -0.25) is 0 Å². The second kappa shape index (κ2) is 5.11. The van der Waals surface area contributed by atoms with Crippen molar-refractivity contribution in [1.29, 1.82) is 0 Å². The van der Waals surface area contributed by atoms with E-state index in [1.165, 1.54) is 0 Å². The molecule has 1 aliphatic heterocycles. The molecule has 94 valence electrons. The quantitative estimate of drug-likeness (QED) is 0.840. The molecule has 1 saturated heterocycles. The van der Waals surface area contributed by atoms with Gasteiger partial charge in [0.15, 0.2) is 0 Å². The Morgan fingerprint density at radius 2 is 2.35 bits per heavy atom. The van der Waals surface area contributed by atoms with Gasteiger partial charge in [0.1, 0.15) is 21.6 Å². The highest BCUT2D eigenvalue weighted by atomic mass is 79.9. The molecule has 1 aliphatic rings. The molecule has 2 unspecified atom stereocenters. The Hall–Kier alpha value is -0.340. The molecule has 1 aromatic rings. The number of halogens is 1. The molecule has 0 aromatic carbocycles. The van der Waals surface area contributed by atoms with Gasteiger partial charge in [-0.25, -0.2) is 13.5 Å². The van der Waals surface area contributed by atoms with E-state index in [9.17, 15) is 9.32 Å². The van der Waals surface area contributed by atoms with Crippen LogP contribution < -0.4 is 0 Å². The molecule has 2 atom stereocenters. The van der Waals surface area contributed by atoms with Crippen molar-refractivity contribution in [2.75, 3.05) is 19.7 Å². The summed E-state index contributed by atoms with van der Waals surface area (Å²) in [7, 11) is -1.38. The van der Waals surface area contributed by atoms with E-state index < -0.39 is 16.6 Å². The molecule has 0 aliphatic carbocycles. The molecule has 0 spiro atoms. The van der Waals surface area contributed by atoms with Gasteiger partial charge in [0, 0.05) is 23.8 Å². The molecule has 2 rings (SSSR count). The Bertz CT molecular complexity index is 428. The summed E-state index contributed by atoms with van der Waals surface area (Å²) in [4.78, 5) is 4.06. The van der Waals surface area contributed by atoms with Crippen LogP contribution >= 0.6 is 15.9 Å². The Balaban J connectivity index is 2.09. The normalized spacial score (nSPS) is 27.2. The predicted octanol–water partition coefficient (Wildman–Crippen LogP) is 0.296. The van der Waals surface area contributed by atoms with Gasteiger partial charge in [0.2, 0.25) is 0 Å². The number of aliphatic hydroxyl groups excluding tert-OH is 1. The van der Waals surface area contributed by atoms with Crippen molar-refractivity contribution in [3.8, 4) is 0 Å². The van der Waals surface area contributed by atoms with Gasteiger partial charge in [-0.2, -0.15) is 0 Å². The first-order valence-corrected chi connectivity index (χ1v) is 7.06. The summed E-state index contributed by atoms with van der Waals surface area (Å²) < 4.78 is 14.6. The molecule has 2 N–H and O–H groups in total. The minimum absolute atomic E-state index is 0.202. The zero-order valence-electron chi connectivity index (χ0n) is 9.04. The number of β-amino-alcohol motifs (C(OH)–C–C–N with tert-alkyl or cyclic N) is 1. The fourth-order valence-corrected chi connectivity index (χ4v) is 3.13. The molecule has 1 aromatic heterocycles. The van der Waals surface area contributed by atoms with Crippen molar-refractivity contribution < 1.29 is 14.4 Å². The van der Waals surface area contributed by atoms with Gasteiger partial charge in [-0.05, 0) is 34.5 Å². The van der Waals surface area contributed by atoms with E-state index in [1.807, 2.05) is 0 Å². The molecule has 0 radical (unpaired) electrons. The first-order valence-electron chi connectivity index (χ1n) is 5.16. The minimum Gasteiger partial charge on any atom is -0.393 e. The monoisotopic (exact) mass is 320 g/mol. The second-order valence-corrected chi connectivity index (χ2v) is 6.41. The number of pyridine rings is 1. The van der Waals surface area contributed by atoms with Crippen LogP contribution in [0.4, 0.5) is 0 Å². The highest BCUT2D eigenvalue weighted by molar-refractivity contribution is 9.10. The summed E-state index contributed by atoms with van der Waals surface area (Å²) in [6.45, 7) is 0.379. The number of hydrogen-bond donors (Lipinski definition) is 2. The highest BCUT2D eigenvalue weighted by Gasteiger charge is 2.38. The summed E-state index contributed by atoms with van der Waals surface area (Å²) in [6.07, 6.45) is 2.01. The maximum Gasteiger partial charge on any atom is 0.146 e. The molecule has 1 fully saturated rings. The average molecular weight is 321 g/mol. The van der Waals surface area contributed by atoms with Gasteiger partial charge in [0.05, 0.1) is 6.61 Å². The average Bonchev–Trinajstić information content (AvgIpc) is 2.73. The first-order chi connectivity index (χ1) is 8.04. The number of aromatic nitrogens is 1. The third kappa shape index (κ3) is 2.92. The fraction of sp³-hybridized carbons (Fsp3) is 0.500. The lowest BCUT2D eigenvalue weighted by atomic mass is 10.1. The van der Waals surface area contributed by atoms with Crippen molar-refractivity contribution in [2.45, 2.75) is 17.0 Å². The van der Waals surface area contributed by atoms with E-state index in [-0.39, 0.29) is 13.2 Å². The van der Waals surface area contributed by atoms with Crippen molar-refractivity contribution in [1.82, 2.24) is 9.29 Å². The van der Waals surface area contributed by atoms with E-state index in [0.29, 0.717) is 18.0 Å². The van der Waals surface area contributed by atoms with Crippen LogP contribution in [-0.2, 0) is 11.0 Å². The van der Waals surface area contributed by atoms with Crippen molar-refractivity contribution in [3.05, 3.63) is 22.8 Å². The zero-order chi connectivity index (χ0) is 12.5. The molecular formula is C10H13BrN2O3S. The maximum absolute atomic E-state index is 12.1. The third-order valence-electron chi connectivity index (χ3n) is 2.71. The Morgan fingerprint density at radius 3 is 2.88 bits per heavy atom. The van der Waals surface area contributed by atoms with Crippen molar-refractivity contribution >= 4 is 26.9 Å². The van der Waals surface area contributed by atoms with Crippen LogP contribution in [-0.4, -0.2) is 49.0 Å². The van der Waals surface area contributed by atoms with Crippen LogP contribution in [0.15, 0.2) is 27.8 Å². The number of hydrogen-bond acceptors (Lipinski definition) is 4. The third-order valence-corrected chi connectivity index (χ3v) is 4.55. The Labute approximate surface area is 110 Å². The van der Waals surface area contributed by atoms with Crippen LogP contribution in [0.2, 0.25) is 0 Å². The van der Waals surface area contributed by atoms with Gasteiger partial charge in [-0.1, -0.05) is 0 Å². The number of nitrogens with zero attached hydrogens (tertiary/aromatic N) is 2. The molecule has 5 nitrogen and oxygen atoms in total. The van der Waals surface area contributed by atoms with Crippen LogP contribution in [0.3, 0.4) is 0 Å². The first kappa shape index (κ1) is 13.1. The smallest absolute Gasteiger partial charge is 0.146 e. The van der Waals surface area contributed by atoms with Crippen LogP contribution in [0.5, 0.6) is 0 Å². The van der Waals surface area contributed by atoms with Crippen LogP contribution in [0.1, 0.15) is 6.42 Å². The van der Waals surface area contributed by atoms with Gasteiger partial charge < -0.3 is 10.2 Å². The maximum atomic E-state index is 12.1. The lowest BCUT2D eigenvalue weighted by Gasteiger charge is -2.19. The van der Waals surface area contributed by atoms with Crippen molar-refractivity contribution in [2.24, 2.45) is 0 Å². The summed E-state index contributed by atoms with van der Waals surface area (Å²) in [6, 6.07) is 3.45. The summed E-state index contributed by atoms with van der Waals surface area (Å²) in [5.41, 5.74) is -1.13. The second-order valence-electron chi connectivity index (χ2n) is 4.06. The van der Waals surface area contributed by atoms with Crippen LogP contribution in [0.25, 0.3) is 0 Å². The van der Waals surface area contributed by atoms with E-state index in [0.717, 1.165) is 4.47 Å². The molecule has 17 heavy (non-hydrogen) atoms. The summed E-state index contributed by atoms with van der Waals surface area (Å²) in [5, 5.41) is 19.3. The minimum atomic E-state index is -1.38. The van der Waals surface area contributed by atoms with Gasteiger partial charge in [-0.15, -0.1) is 0 Å². The molecule has 2 heterocycles. The van der Waals surface area contributed by atoms with Gasteiger partial charge in [0.25, 0.3) is 0 Å². The lowest BCUT2D eigenvalue weighted by Crippen LogP contribution is -2.37. The predicted molar refractivity (Wildman–Crippen MR) is 66.6 cm³/mol. The van der Waals surface area contributed by atoms with Gasteiger partial charge >= 0.3 is 0 Å². The largest absolute Gasteiger partial charge is 0.393 e. The zero-order valence-corrected chi connectivity index (χ0v) is 11.4. The summed E-state index contributed by atoms with van der Waals surface area (Å²) >= 11 is 3.26. The molecule has 0 saturated carbocycles. The van der Waals surface area contributed by atoms with Crippen LogP contribution in [0, 0.1) is 0 Å².